The highest BCUT2D eigenvalue weighted by Gasteiger charge is 2.29. The van der Waals surface area contributed by atoms with Crippen molar-refractivity contribution in [1.29, 1.82) is 0 Å². The topological polar surface area (TPSA) is 83.9 Å². The molecule has 1 saturated heterocycles. The van der Waals surface area contributed by atoms with Crippen LogP contribution in [0, 0.1) is 12.7 Å². The van der Waals surface area contributed by atoms with Gasteiger partial charge in [-0.05, 0) is 43.5 Å². The lowest BCUT2D eigenvalue weighted by molar-refractivity contribution is 0.0715. The van der Waals surface area contributed by atoms with Crippen LogP contribution in [0.15, 0.2) is 29.3 Å². The van der Waals surface area contributed by atoms with Gasteiger partial charge < -0.3 is 14.5 Å². The van der Waals surface area contributed by atoms with Gasteiger partial charge in [-0.1, -0.05) is 0 Å². The first-order valence-electron chi connectivity index (χ1n) is 9.81. The predicted octanol–water partition coefficient (Wildman–Crippen LogP) is 3.34. The Balaban J connectivity index is 1.35. The lowest BCUT2D eigenvalue weighted by Crippen LogP contribution is -2.38. The summed E-state index contributed by atoms with van der Waals surface area (Å²) in [6.07, 6.45) is 3.04. The zero-order valence-corrected chi connectivity index (χ0v) is 17.4. The highest BCUT2D eigenvalue weighted by atomic mass is 32.1. The van der Waals surface area contributed by atoms with Crippen molar-refractivity contribution in [3.05, 3.63) is 57.0 Å². The smallest absolute Gasteiger partial charge is 0.264 e. The number of piperidine rings is 1. The number of aromatic nitrogens is 4. The molecule has 4 heterocycles. The van der Waals surface area contributed by atoms with Crippen LogP contribution in [0.2, 0.25) is 0 Å². The molecule has 1 amide bonds. The first-order chi connectivity index (χ1) is 14.4. The highest BCUT2D eigenvalue weighted by molar-refractivity contribution is 7.20. The van der Waals surface area contributed by atoms with Gasteiger partial charge in [-0.15, -0.1) is 11.3 Å². The fraction of sp³-hybridized carbons (Fsp3) is 0.333. The Morgan fingerprint density at radius 3 is 2.83 bits per heavy atom. The number of aromatic amines is 1. The molecule has 3 aromatic heterocycles. The highest BCUT2D eigenvalue weighted by Crippen LogP contribution is 2.32. The van der Waals surface area contributed by atoms with E-state index in [0.29, 0.717) is 39.3 Å². The number of nitrogens with one attached hydrogen (secondary N) is 1. The maximum Gasteiger partial charge on any atom is 0.264 e. The lowest BCUT2D eigenvalue weighted by atomic mass is 9.96. The number of H-pyrrole nitrogens is 1. The number of benzene rings is 1. The molecule has 1 fully saturated rings. The molecule has 5 rings (SSSR count). The normalized spacial score (nSPS) is 15.4. The Bertz CT molecular complexity index is 1350. The zero-order valence-electron chi connectivity index (χ0n) is 16.6. The van der Waals surface area contributed by atoms with Crippen molar-refractivity contribution >= 4 is 38.5 Å². The maximum absolute atomic E-state index is 13.4. The van der Waals surface area contributed by atoms with Gasteiger partial charge >= 0.3 is 0 Å². The van der Waals surface area contributed by atoms with Gasteiger partial charge in [-0.2, -0.15) is 0 Å². The minimum absolute atomic E-state index is 0.0531. The summed E-state index contributed by atoms with van der Waals surface area (Å²) in [5.74, 6) is 0.694. The Hall–Kier alpha value is -3.07. The van der Waals surface area contributed by atoms with E-state index in [-0.39, 0.29) is 23.2 Å². The number of imidazole rings is 1. The largest absolute Gasteiger partial charge is 0.342 e. The van der Waals surface area contributed by atoms with Crippen LogP contribution in [-0.2, 0) is 7.05 Å². The molecular weight excluding hydrogens is 405 g/mol. The van der Waals surface area contributed by atoms with E-state index in [1.165, 1.54) is 34.4 Å². The van der Waals surface area contributed by atoms with E-state index in [4.69, 9.17) is 0 Å². The number of likely N-dealkylation sites (tertiary alicyclic amines) is 1. The molecule has 4 aromatic rings. The molecule has 0 radical (unpaired) electrons. The number of rotatable bonds is 2. The van der Waals surface area contributed by atoms with E-state index in [1.807, 2.05) is 11.8 Å². The van der Waals surface area contributed by atoms with Crippen LogP contribution in [-0.4, -0.2) is 43.4 Å². The number of amides is 1. The lowest BCUT2D eigenvalue weighted by Gasteiger charge is -2.31. The summed E-state index contributed by atoms with van der Waals surface area (Å²) in [5.41, 5.74) is 2.02. The van der Waals surface area contributed by atoms with Crippen molar-refractivity contribution in [3.8, 4) is 0 Å². The third-order valence-corrected chi connectivity index (χ3v) is 7.02. The molecule has 30 heavy (non-hydrogen) atoms. The second-order valence-electron chi connectivity index (χ2n) is 7.75. The predicted molar refractivity (Wildman–Crippen MR) is 114 cm³/mol. The number of carbonyl (C=O) groups excluding carboxylic acids is 1. The summed E-state index contributed by atoms with van der Waals surface area (Å²) in [7, 11) is 1.66. The standard InChI is InChI=1S/C21H20FN5O2S/c1-11-16-19(23-10-26(2)20(16)28)30-17(11)21(29)27-7-5-12(6-8-27)18-24-14-4-3-13(22)9-15(14)25-18/h3-4,9-10,12H,5-8H2,1-2H3,(H,24,25). The Morgan fingerprint density at radius 2 is 2.07 bits per heavy atom. The number of carbonyl (C=O) groups is 1. The summed E-state index contributed by atoms with van der Waals surface area (Å²) < 4.78 is 14.9. The van der Waals surface area contributed by atoms with Gasteiger partial charge in [-0.3, -0.25) is 9.59 Å². The maximum atomic E-state index is 13.4. The van der Waals surface area contributed by atoms with Crippen molar-refractivity contribution in [2.45, 2.75) is 25.7 Å². The molecule has 1 aliphatic heterocycles. The molecule has 1 N–H and O–H groups in total. The number of hydrogen-bond acceptors (Lipinski definition) is 5. The minimum atomic E-state index is -0.291. The Labute approximate surface area is 175 Å². The van der Waals surface area contributed by atoms with Crippen LogP contribution < -0.4 is 5.56 Å². The van der Waals surface area contributed by atoms with Gasteiger partial charge in [0, 0.05) is 26.1 Å². The fourth-order valence-electron chi connectivity index (χ4n) is 4.11. The first kappa shape index (κ1) is 18.9. The number of aryl methyl sites for hydroxylation is 2. The van der Waals surface area contributed by atoms with Crippen LogP contribution in [0.4, 0.5) is 4.39 Å². The Kier molecular flexibility index (Phi) is 4.43. The molecular formula is C21H20FN5O2S. The molecule has 0 aliphatic carbocycles. The van der Waals surface area contributed by atoms with Crippen LogP contribution in [0.5, 0.6) is 0 Å². The summed E-state index contributed by atoms with van der Waals surface area (Å²) in [6, 6.07) is 4.53. The van der Waals surface area contributed by atoms with Crippen molar-refractivity contribution in [3.63, 3.8) is 0 Å². The van der Waals surface area contributed by atoms with E-state index in [2.05, 4.69) is 15.0 Å². The monoisotopic (exact) mass is 425 g/mol. The molecule has 154 valence electrons. The molecule has 0 spiro atoms. The van der Waals surface area contributed by atoms with Gasteiger partial charge in [0.05, 0.1) is 27.6 Å². The van der Waals surface area contributed by atoms with Gasteiger partial charge in [0.15, 0.2) is 0 Å². The molecule has 0 saturated carbocycles. The van der Waals surface area contributed by atoms with E-state index >= 15 is 0 Å². The van der Waals surface area contributed by atoms with Crippen LogP contribution in [0.25, 0.3) is 21.3 Å². The van der Waals surface area contributed by atoms with Gasteiger partial charge in [0.2, 0.25) is 0 Å². The average Bonchev–Trinajstić information content (AvgIpc) is 3.31. The second-order valence-corrected chi connectivity index (χ2v) is 8.75. The molecule has 9 heteroatoms. The van der Waals surface area contributed by atoms with Crippen LogP contribution >= 0.6 is 11.3 Å². The summed E-state index contributed by atoms with van der Waals surface area (Å²) in [6.45, 7) is 3.03. The number of nitrogens with zero attached hydrogens (tertiary/aromatic N) is 4. The van der Waals surface area contributed by atoms with E-state index in [9.17, 15) is 14.0 Å². The van der Waals surface area contributed by atoms with Gasteiger partial charge in [0.1, 0.15) is 16.5 Å². The van der Waals surface area contributed by atoms with Crippen molar-refractivity contribution in [1.82, 2.24) is 24.4 Å². The number of halogens is 1. The van der Waals surface area contributed by atoms with Crippen molar-refractivity contribution in [2.75, 3.05) is 13.1 Å². The minimum Gasteiger partial charge on any atom is -0.342 e. The fourth-order valence-corrected chi connectivity index (χ4v) is 5.21. The van der Waals surface area contributed by atoms with Gasteiger partial charge in [0.25, 0.3) is 11.5 Å². The Morgan fingerprint density at radius 1 is 1.30 bits per heavy atom. The van der Waals surface area contributed by atoms with E-state index in [1.54, 1.807) is 13.1 Å². The van der Waals surface area contributed by atoms with Gasteiger partial charge in [-0.25, -0.2) is 14.4 Å². The summed E-state index contributed by atoms with van der Waals surface area (Å²) >= 11 is 1.28. The second kappa shape index (κ2) is 7.02. The van der Waals surface area contributed by atoms with Crippen molar-refractivity contribution in [2.24, 2.45) is 7.05 Å². The van der Waals surface area contributed by atoms with E-state index in [0.717, 1.165) is 24.2 Å². The third-order valence-electron chi connectivity index (χ3n) is 5.84. The molecule has 7 nitrogen and oxygen atoms in total. The first-order valence-corrected chi connectivity index (χ1v) is 10.6. The number of thiophene rings is 1. The van der Waals surface area contributed by atoms with E-state index < -0.39 is 0 Å². The van der Waals surface area contributed by atoms with Crippen molar-refractivity contribution < 1.29 is 9.18 Å². The molecule has 1 aliphatic rings. The van der Waals surface area contributed by atoms with Crippen LogP contribution in [0.1, 0.15) is 39.8 Å². The number of fused-ring (bicyclic) bond motifs is 2. The molecule has 0 unspecified atom stereocenters. The van der Waals surface area contributed by atoms with Crippen LogP contribution in [0.3, 0.4) is 0 Å². The molecule has 0 bridgehead atoms. The summed E-state index contributed by atoms with van der Waals surface area (Å²) in [5, 5.41) is 0.526. The molecule has 0 atom stereocenters. The molecule has 1 aromatic carbocycles. The quantitative estimate of drug-likeness (QED) is 0.534. The zero-order chi connectivity index (χ0) is 21.0. The third kappa shape index (κ3) is 3.00. The summed E-state index contributed by atoms with van der Waals surface area (Å²) in [4.78, 5) is 40.7. The SMILES string of the molecule is Cc1c(C(=O)N2CCC(c3nc4ccc(F)cc4[nH]3)CC2)sc2ncn(C)c(=O)c12. The average molecular weight is 425 g/mol. The number of hydrogen-bond donors (Lipinski definition) is 1.